The van der Waals surface area contributed by atoms with Crippen LogP contribution in [-0.2, 0) is 4.79 Å². The topological polar surface area (TPSA) is 66.6 Å². The van der Waals surface area contributed by atoms with Crippen LogP contribution in [0.4, 0.5) is 0 Å². The van der Waals surface area contributed by atoms with Gasteiger partial charge in [0.05, 0.1) is 11.5 Å². The Morgan fingerprint density at radius 3 is 2.65 bits per heavy atom. The van der Waals surface area contributed by atoms with Crippen molar-refractivity contribution in [3.8, 4) is 0 Å². The van der Waals surface area contributed by atoms with Crippen molar-refractivity contribution in [3.63, 3.8) is 0 Å². The molecule has 1 saturated carbocycles. The van der Waals surface area contributed by atoms with Crippen molar-refractivity contribution in [1.29, 1.82) is 0 Å². The number of rotatable bonds is 3. The van der Waals surface area contributed by atoms with E-state index < -0.39 is 5.60 Å². The molecule has 1 saturated heterocycles. The number of hydrogen-bond acceptors (Lipinski definition) is 3. The van der Waals surface area contributed by atoms with Gasteiger partial charge in [-0.15, -0.1) is 0 Å². The van der Waals surface area contributed by atoms with Gasteiger partial charge in [-0.05, 0) is 32.6 Å². The number of nitrogens with zero attached hydrogens (tertiary/aromatic N) is 1. The van der Waals surface area contributed by atoms with E-state index in [2.05, 4.69) is 11.8 Å². The summed E-state index contributed by atoms with van der Waals surface area (Å²) >= 11 is 0. The van der Waals surface area contributed by atoms with Crippen molar-refractivity contribution in [2.75, 3.05) is 13.1 Å². The average Bonchev–Trinajstić information content (AvgIpc) is 2.68. The number of likely N-dealkylation sites (tertiary alicyclic amines) is 1. The molecule has 2 atom stereocenters. The van der Waals surface area contributed by atoms with Gasteiger partial charge in [0.1, 0.15) is 0 Å². The average molecular weight is 240 g/mol. The van der Waals surface area contributed by atoms with E-state index in [-0.39, 0.29) is 11.8 Å². The minimum absolute atomic E-state index is 0.0313. The van der Waals surface area contributed by atoms with Crippen LogP contribution in [0.3, 0.4) is 0 Å². The molecule has 1 aliphatic carbocycles. The fourth-order valence-corrected chi connectivity index (χ4v) is 3.20. The fraction of sp³-hybridized carbons (Fsp3) is 0.923. The molecule has 3 N–H and O–H groups in total. The van der Waals surface area contributed by atoms with Crippen LogP contribution in [0.25, 0.3) is 0 Å². The Morgan fingerprint density at radius 2 is 2.06 bits per heavy atom. The number of β-amino-alcohol motifs (C(OH)–C–C–N with tert-alkyl or cyclic N) is 1. The summed E-state index contributed by atoms with van der Waals surface area (Å²) < 4.78 is 0. The quantitative estimate of drug-likeness (QED) is 0.769. The second-order valence-electron chi connectivity index (χ2n) is 5.89. The first-order valence-corrected chi connectivity index (χ1v) is 6.76. The summed E-state index contributed by atoms with van der Waals surface area (Å²) in [6.07, 6.45) is 5.94. The molecule has 4 nitrogen and oxygen atoms in total. The van der Waals surface area contributed by atoms with Crippen molar-refractivity contribution < 1.29 is 9.90 Å². The number of amides is 1. The molecule has 0 aromatic rings. The maximum absolute atomic E-state index is 11.3. The number of primary amides is 1. The van der Waals surface area contributed by atoms with Crippen LogP contribution in [0.15, 0.2) is 0 Å². The lowest BCUT2D eigenvalue weighted by atomic mass is 9.90. The smallest absolute Gasteiger partial charge is 0.221 e. The van der Waals surface area contributed by atoms with E-state index in [0.717, 1.165) is 45.1 Å². The zero-order valence-electron chi connectivity index (χ0n) is 10.7. The number of hydrogen-bond donors (Lipinski definition) is 2. The van der Waals surface area contributed by atoms with Crippen molar-refractivity contribution in [1.82, 2.24) is 4.90 Å². The summed E-state index contributed by atoms with van der Waals surface area (Å²) in [5, 5.41) is 10.4. The Hall–Kier alpha value is -0.610. The summed E-state index contributed by atoms with van der Waals surface area (Å²) in [6.45, 7) is 3.60. The lowest BCUT2D eigenvalue weighted by molar-refractivity contribution is -0.124. The first-order valence-electron chi connectivity index (χ1n) is 6.76. The predicted octanol–water partition coefficient (Wildman–Crippen LogP) is 0.877. The highest BCUT2D eigenvalue weighted by Crippen LogP contribution is 2.32. The van der Waals surface area contributed by atoms with Crippen LogP contribution >= 0.6 is 0 Å². The van der Waals surface area contributed by atoms with Crippen molar-refractivity contribution in [3.05, 3.63) is 0 Å². The Bertz CT molecular complexity index is 287. The lowest BCUT2D eigenvalue weighted by Crippen LogP contribution is -2.51. The molecule has 0 radical (unpaired) electrons. The van der Waals surface area contributed by atoms with Crippen LogP contribution in [0.5, 0.6) is 0 Å². The second-order valence-corrected chi connectivity index (χ2v) is 5.89. The highest BCUT2D eigenvalue weighted by molar-refractivity contribution is 5.76. The molecule has 2 fully saturated rings. The third kappa shape index (κ3) is 2.99. The first kappa shape index (κ1) is 12.8. The Morgan fingerprint density at radius 1 is 1.41 bits per heavy atom. The molecular formula is C13H24N2O2. The molecule has 1 amide bonds. The zero-order valence-corrected chi connectivity index (χ0v) is 10.7. The third-order valence-corrected chi connectivity index (χ3v) is 4.45. The van der Waals surface area contributed by atoms with E-state index in [4.69, 9.17) is 5.73 Å². The second kappa shape index (κ2) is 4.94. The van der Waals surface area contributed by atoms with Gasteiger partial charge in [-0.1, -0.05) is 12.8 Å². The fourth-order valence-electron chi connectivity index (χ4n) is 3.20. The van der Waals surface area contributed by atoms with Gasteiger partial charge in [0.2, 0.25) is 5.91 Å². The van der Waals surface area contributed by atoms with E-state index in [1.165, 1.54) is 0 Å². The highest BCUT2D eigenvalue weighted by Gasteiger charge is 2.37. The van der Waals surface area contributed by atoms with Crippen LogP contribution in [0.1, 0.15) is 45.4 Å². The number of carbonyl (C=O) groups excluding carboxylic acids is 1. The zero-order chi connectivity index (χ0) is 12.5. The minimum Gasteiger partial charge on any atom is -0.389 e. The van der Waals surface area contributed by atoms with E-state index in [9.17, 15) is 9.90 Å². The van der Waals surface area contributed by atoms with E-state index >= 15 is 0 Å². The maximum Gasteiger partial charge on any atom is 0.221 e. The van der Waals surface area contributed by atoms with Gasteiger partial charge in [0.25, 0.3) is 0 Å². The number of aliphatic hydroxyl groups is 1. The van der Waals surface area contributed by atoms with E-state index in [0.29, 0.717) is 12.6 Å². The SMILES string of the molecule is CC1CCC(C(N)=O)CN1CC1(O)CCCC1. The minimum atomic E-state index is -0.520. The number of carbonyl (C=O) groups is 1. The summed E-state index contributed by atoms with van der Waals surface area (Å²) in [5.41, 5.74) is 4.87. The predicted molar refractivity (Wildman–Crippen MR) is 66.4 cm³/mol. The van der Waals surface area contributed by atoms with Crippen LogP contribution in [-0.4, -0.2) is 40.6 Å². The first-order chi connectivity index (χ1) is 8.00. The Balaban J connectivity index is 1.95. The van der Waals surface area contributed by atoms with Gasteiger partial charge in [0, 0.05) is 19.1 Å². The monoisotopic (exact) mass is 240 g/mol. The van der Waals surface area contributed by atoms with E-state index in [1.807, 2.05) is 0 Å². The van der Waals surface area contributed by atoms with Gasteiger partial charge < -0.3 is 10.8 Å². The molecule has 0 aromatic heterocycles. The van der Waals surface area contributed by atoms with Crippen LogP contribution < -0.4 is 5.73 Å². The van der Waals surface area contributed by atoms with Gasteiger partial charge in [-0.25, -0.2) is 0 Å². The van der Waals surface area contributed by atoms with E-state index in [1.54, 1.807) is 0 Å². The molecule has 0 spiro atoms. The molecule has 2 rings (SSSR count). The Labute approximate surface area is 103 Å². The molecule has 0 bridgehead atoms. The molecule has 2 aliphatic rings. The van der Waals surface area contributed by atoms with Gasteiger partial charge >= 0.3 is 0 Å². The van der Waals surface area contributed by atoms with Crippen LogP contribution in [0, 0.1) is 5.92 Å². The lowest BCUT2D eigenvalue weighted by Gasteiger charge is -2.40. The van der Waals surface area contributed by atoms with Gasteiger partial charge in [0.15, 0.2) is 0 Å². The highest BCUT2D eigenvalue weighted by atomic mass is 16.3. The van der Waals surface area contributed by atoms with Crippen molar-refractivity contribution in [2.24, 2.45) is 11.7 Å². The summed E-state index contributed by atoms with van der Waals surface area (Å²) in [7, 11) is 0. The molecular weight excluding hydrogens is 216 g/mol. The third-order valence-electron chi connectivity index (χ3n) is 4.45. The number of piperidine rings is 1. The summed E-state index contributed by atoms with van der Waals surface area (Å²) in [5.74, 6) is -0.225. The molecule has 0 aromatic carbocycles. The van der Waals surface area contributed by atoms with Gasteiger partial charge in [-0.3, -0.25) is 9.69 Å². The molecule has 2 unspecified atom stereocenters. The largest absolute Gasteiger partial charge is 0.389 e. The Kier molecular flexibility index (Phi) is 3.73. The molecule has 98 valence electrons. The normalized spacial score (nSPS) is 33.8. The van der Waals surface area contributed by atoms with Crippen LogP contribution in [0.2, 0.25) is 0 Å². The summed E-state index contributed by atoms with van der Waals surface area (Å²) in [4.78, 5) is 13.5. The molecule has 4 heteroatoms. The van der Waals surface area contributed by atoms with Gasteiger partial charge in [-0.2, -0.15) is 0 Å². The standard InChI is InChI=1S/C13H24N2O2/c1-10-4-5-11(12(14)16)8-15(10)9-13(17)6-2-3-7-13/h10-11,17H,2-9H2,1H3,(H2,14,16). The van der Waals surface area contributed by atoms with Crippen molar-refractivity contribution in [2.45, 2.75) is 57.1 Å². The van der Waals surface area contributed by atoms with Crippen molar-refractivity contribution >= 4 is 5.91 Å². The molecule has 1 aliphatic heterocycles. The molecule has 1 heterocycles. The summed E-state index contributed by atoms with van der Waals surface area (Å²) in [6, 6.07) is 0.454. The maximum atomic E-state index is 11.3. The number of nitrogens with two attached hydrogens (primary N) is 1. The molecule has 17 heavy (non-hydrogen) atoms.